The molecule has 1 N–H and O–H groups in total. The van der Waals surface area contributed by atoms with Gasteiger partial charge in [0.2, 0.25) is 0 Å². The summed E-state index contributed by atoms with van der Waals surface area (Å²) < 4.78 is 1.94. The van der Waals surface area contributed by atoms with Crippen molar-refractivity contribution in [3.63, 3.8) is 0 Å². The Morgan fingerprint density at radius 1 is 1.18 bits per heavy atom. The van der Waals surface area contributed by atoms with Gasteiger partial charge < -0.3 is 4.98 Å². The molecule has 2 aliphatic rings. The van der Waals surface area contributed by atoms with Crippen molar-refractivity contribution in [3.8, 4) is 0 Å². The number of nitrogens with one attached hydrogen (secondary N) is 1. The number of H-pyrrole nitrogens is 1. The fourth-order valence-electron chi connectivity index (χ4n) is 5.62. The van der Waals surface area contributed by atoms with Gasteiger partial charge in [-0.15, -0.1) is 11.3 Å². The number of hydrogen-bond donors (Lipinski definition) is 1. The summed E-state index contributed by atoms with van der Waals surface area (Å²) in [6.07, 6.45) is 8.71. The second-order valence-electron chi connectivity index (χ2n) is 9.28. The van der Waals surface area contributed by atoms with E-state index in [9.17, 15) is 9.59 Å². The quantitative estimate of drug-likeness (QED) is 0.211. The molecule has 7 heteroatoms. The van der Waals surface area contributed by atoms with Crippen LogP contribution in [0.5, 0.6) is 0 Å². The van der Waals surface area contributed by atoms with E-state index in [1.807, 2.05) is 35.8 Å². The minimum absolute atomic E-state index is 0.0766. The highest BCUT2D eigenvalue weighted by atomic mass is 32.2. The number of fused-ring (bicyclic) bond motifs is 4. The third kappa shape index (κ3) is 3.56. The van der Waals surface area contributed by atoms with E-state index in [0.717, 1.165) is 77.3 Å². The number of hydrogen-bond acceptors (Lipinski definition) is 5. The van der Waals surface area contributed by atoms with Gasteiger partial charge in [-0.25, -0.2) is 4.98 Å². The fraction of sp³-hybridized carbons (Fsp3) is 0.423. The zero-order valence-corrected chi connectivity index (χ0v) is 20.4. The van der Waals surface area contributed by atoms with Gasteiger partial charge in [0, 0.05) is 33.1 Å². The molecule has 1 aromatic carbocycles. The van der Waals surface area contributed by atoms with Crippen molar-refractivity contribution in [2.24, 2.45) is 0 Å². The SMILES string of the molecule is Cc1[nH]c2ccccc2c1C(=O)CSc1nc2sc3c(c2c(=O)n1C1CCCC1)CCCC3. The number of carbonyl (C=O) groups excluding carboxylic acids is 1. The van der Waals surface area contributed by atoms with Gasteiger partial charge in [0.25, 0.3) is 5.56 Å². The van der Waals surface area contributed by atoms with Gasteiger partial charge in [-0.2, -0.15) is 0 Å². The molecule has 0 aliphatic heterocycles. The number of thioether (sulfide) groups is 1. The first-order valence-corrected chi connectivity index (χ1v) is 13.7. The number of carbonyl (C=O) groups is 1. The highest BCUT2D eigenvalue weighted by molar-refractivity contribution is 7.99. The molecule has 4 aromatic rings. The average Bonchev–Trinajstić information content (AvgIpc) is 3.53. The molecular weight excluding hydrogens is 450 g/mol. The Morgan fingerprint density at radius 2 is 1.97 bits per heavy atom. The summed E-state index contributed by atoms with van der Waals surface area (Å²) in [6.45, 7) is 1.95. The molecule has 5 nitrogen and oxygen atoms in total. The molecule has 0 amide bonds. The lowest BCUT2D eigenvalue weighted by molar-refractivity contribution is 0.102. The second kappa shape index (κ2) is 8.44. The molecule has 1 fully saturated rings. The number of nitrogens with zero attached hydrogens (tertiary/aromatic N) is 2. The van der Waals surface area contributed by atoms with Crippen molar-refractivity contribution in [1.29, 1.82) is 0 Å². The number of Topliss-reactive ketones (excluding diaryl/α,β-unsaturated/α-hetero) is 1. The van der Waals surface area contributed by atoms with Crippen LogP contribution in [0.4, 0.5) is 0 Å². The molecule has 0 spiro atoms. The monoisotopic (exact) mass is 477 g/mol. The van der Waals surface area contributed by atoms with Gasteiger partial charge in [0.1, 0.15) is 4.83 Å². The maximum Gasteiger partial charge on any atom is 0.263 e. The normalized spacial score (nSPS) is 16.6. The highest BCUT2D eigenvalue weighted by Gasteiger charge is 2.27. The summed E-state index contributed by atoms with van der Waals surface area (Å²) >= 11 is 3.12. The Hall–Kier alpha value is -2.38. The van der Waals surface area contributed by atoms with Crippen LogP contribution in [0.2, 0.25) is 0 Å². The Kier molecular flexibility index (Phi) is 5.41. The number of para-hydroxylation sites is 1. The van der Waals surface area contributed by atoms with Gasteiger partial charge in [-0.3, -0.25) is 14.2 Å². The van der Waals surface area contributed by atoms with Crippen molar-refractivity contribution in [2.45, 2.75) is 69.5 Å². The third-order valence-corrected chi connectivity index (χ3v) is 9.32. The molecule has 0 unspecified atom stereocenters. The van der Waals surface area contributed by atoms with Gasteiger partial charge in [0.15, 0.2) is 10.9 Å². The van der Waals surface area contributed by atoms with E-state index in [2.05, 4.69) is 4.98 Å². The second-order valence-corrected chi connectivity index (χ2v) is 11.3. The number of benzene rings is 1. The molecule has 6 rings (SSSR count). The van der Waals surface area contributed by atoms with Crippen LogP contribution in [0.1, 0.15) is 71.1 Å². The molecule has 33 heavy (non-hydrogen) atoms. The maximum atomic E-state index is 13.8. The minimum atomic E-state index is 0.0766. The predicted molar refractivity (Wildman–Crippen MR) is 136 cm³/mol. The number of aryl methyl sites for hydroxylation is 3. The van der Waals surface area contributed by atoms with E-state index in [1.54, 1.807) is 11.3 Å². The standard InChI is InChI=1S/C26H27N3O2S2/c1-15-22(17-10-4-6-12-19(17)27-15)20(30)14-32-26-28-24-23(18-11-5-7-13-21(18)33-24)25(31)29(26)16-8-2-3-9-16/h4,6,10,12,16,27H,2-3,5,7-9,11,13-14H2,1H3. The van der Waals surface area contributed by atoms with Crippen LogP contribution in [0.15, 0.2) is 34.2 Å². The van der Waals surface area contributed by atoms with E-state index in [4.69, 9.17) is 4.98 Å². The van der Waals surface area contributed by atoms with E-state index >= 15 is 0 Å². The molecule has 1 saturated carbocycles. The fourth-order valence-corrected chi connectivity index (χ4v) is 7.86. The van der Waals surface area contributed by atoms with Crippen LogP contribution in [-0.4, -0.2) is 26.1 Å². The van der Waals surface area contributed by atoms with Gasteiger partial charge in [-0.05, 0) is 57.1 Å². The third-order valence-electron chi connectivity index (χ3n) is 7.18. The maximum absolute atomic E-state index is 13.8. The lowest BCUT2D eigenvalue weighted by Crippen LogP contribution is -2.27. The predicted octanol–water partition coefficient (Wildman–Crippen LogP) is 6.22. The Bertz CT molecular complexity index is 1440. The number of thiophene rings is 1. The summed E-state index contributed by atoms with van der Waals surface area (Å²) in [5, 5.41) is 2.52. The van der Waals surface area contributed by atoms with Crippen molar-refractivity contribution in [3.05, 3.63) is 56.3 Å². The van der Waals surface area contributed by atoms with Crippen molar-refractivity contribution in [2.75, 3.05) is 5.75 Å². The van der Waals surface area contributed by atoms with Crippen LogP contribution >= 0.6 is 23.1 Å². The van der Waals surface area contributed by atoms with Crippen molar-refractivity contribution < 1.29 is 4.79 Å². The molecule has 0 saturated heterocycles. The molecule has 3 aromatic heterocycles. The first-order chi connectivity index (χ1) is 16.1. The first-order valence-electron chi connectivity index (χ1n) is 11.9. The number of ketones is 1. The minimum Gasteiger partial charge on any atom is -0.358 e. The molecule has 0 radical (unpaired) electrons. The van der Waals surface area contributed by atoms with Gasteiger partial charge in [-0.1, -0.05) is 42.8 Å². The summed E-state index contributed by atoms with van der Waals surface area (Å²) in [5.41, 5.74) is 3.98. The molecule has 170 valence electrons. The van der Waals surface area contributed by atoms with Crippen LogP contribution in [0.3, 0.4) is 0 Å². The van der Waals surface area contributed by atoms with Gasteiger partial charge >= 0.3 is 0 Å². The molecule has 0 bridgehead atoms. The molecular formula is C26H27N3O2S2. The van der Waals surface area contributed by atoms with Gasteiger partial charge in [0.05, 0.1) is 11.1 Å². The largest absolute Gasteiger partial charge is 0.358 e. The van der Waals surface area contributed by atoms with E-state index in [-0.39, 0.29) is 23.1 Å². The number of aromatic nitrogens is 3. The number of rotatable bonds is 5. The smallest absolute Gasteiger partial charge is 0.263 e. The van der Waals surface area contributed by atoms with E-state index in [0.29, 0.717) is 5.16 Å². The molecule has 3 heterocycles. The Morgan fingerprint density at radius 3 is 2.82 bits per heavy atom. The van der Waals surface area contributed by atoms with Crippen LogP contribution in [0, 0.1) is 6.92 Å². The summed E-state index contributed by atoms with van der Waals surface area (Å²) in [5.74, 6) is 0.353. The zero-order valence-electron chi connectivity index (χ0n) is 18.8. The zero-order chi connectivity index (χ0) is 22.5. The molecule has 2 aliphatic carbocycles. The van der Waals surface area contributed by atoms with Crippen LogP contribution in [-0.2, 0) is 12.8 Å². The Balaban J connectivity index is 1.40. The van der Waals surface area contributed by atoms with Crippen molar-refractivity contribution >= 4 is 50.0 Å². The highest BCUT2D eigenvalue weighted by Crippen LogP contribution is 2.37. The lowest BCUT2D eigenvalue weighted by Gasteiger charge is -2.18. The molecule has 0 atom stereocenters. The summed E-state index contributed by atoms with van der Waals surface area (Å²) in [7, 11) is 0. The summed E-state index contributed by atoms with van der Waals surface area (Å²) in [6, 6.07) is 8.12. The lowest BCUT2D eigenvalue weighted by atomic mass is 9.97. The van der Waals surface area contributed by atoms with E-state index in [1.165, 1.54) is 28.6 Å². The Labute approximate surface area is 200 Å². The summed E-state index contributed by atoms with van der Waals surface area (Å²) in [4.78, 5) is 37.6. The number of aromatic amines is 1. The van der Waals surface area contributed by atoms with Crippen LogP contribution < -0.4 is 5.56 Å². The van der Waals surface area contributed by atoms with E-state index < -0.39 is 0 Å². The van der Waals surface area contributed by atoms with Crippen LogP contribution in [0.25, 0.3) is 21.1 Å². The first kappa shape index (κ1) is 21.2. The average molecular weight is 478 g/mol. The topological polar surface area (TPSA) is 67.8 Å². The van der Waals surface area contributed by atoms with Crippen molar-refractivity contribution in [1.82, 2.24) is 14.5 Å².